The highest BCUT2D eigenvalue weighted by Crippen LogP contribution is 2.30. The normalized spacial score (nSPS) is 23.1. The molecule has 0 bridgehead atoms. The zero-order valence-electron chi connectivity index (χ0n) is 13.3. The van der Waals surface area contributed by atoms with Gasteiger partial charge in [-0.1, -0.05) is 20.8 Å². The van der Waals surface area contributed by atoms with Crippen molar-refractivity contribution in [1.29, 1.82) is 0 Å². The van der Waals surface area contributed by atoms with Crippen LogP contribution >= 0.6 is 0 Å². The summed E-state index contributed by atoms with van der Waals surface area (Å²) < 4.78 is 0. The molecule has 0 unspecified atom stereocenters. The number of aromatic nitrogens is 2. The van der Waals surface area contributed by atoms with Gasteiger partial charge in [-0.2, -0.15) is 0 Å². The molecule has 0 aliphatic heterocycles. The highest BCUT2D eigenvalue weighted by atomic mass is 15.2. The highest BCUT2D eigenvalue weighted by Gasteiger charge is 2.24. The lowest BCUT2D eigenvalue weighted by Gasteiger charge is -2.35. The molecule has 1 saturated carbocycles. The molecule has 0 aromatic carbocycles. The molecule has 1 fully saturated rings. The van der Waals surface area contributed by atoms with Crippen LogP contribution in [0.1, 0.15) is 63.9 Å². The van der Waals surface area contributed by atoms with Crippen molar-refractivity contribution >= 4 is 5.69 Å². The average molecular weight is 276 g/mol. The van der Waals surface area contributed by atoms with Gasteiger partial charge in [-0.25, -0.2) is 9.97 Å². The van der Waals surface area contributed by atoms with Crippen LogP contribution in [0.4, 0.5) is 5.69 Å². The fourth-order valence-electron chi connectivity index (χ4n) is 2.98. The zero-order chi connectivity index (χ0) is 14.7. The predicted octanol–water partition coefficient (Wildman–Crippen LogP) is 3.07. The van der Waals surface area contributed by atoms with Gasteiger partial charge in [-0.15, -0.1) is 0 Å². The smallest absolute Gasteiger partial charge is 0.131 e. The van der Waals surface area contributed by atoms with Gasteiger partial charge >= 0.3 is 0 Å². The Kier molecular flexibility index (Phi) is 4.97. The van der Waals surface area contributed by atoms with E-state index in [1.165, 1.54) is 25.7 Å². The third-order valence-corrected chi connectivity index (χ3v) is 4.49. The third-order valence-electron chi connectivity index (χ3n) is 4.49. The first kappa shape index (κ1) is 15.2. The zero-order valence-corrected chi connectivity index (χ0v) is 13.3. The van der Waals surface area contributed by atoms with Gasteiger partial charge in [0.1, 0.15) is 5.82 Å². The Labute approximate surface area is 122 Å². The SMILES string of the molecule is CC1CCC(N(C)c2cnc(C(C)C)nc2CN)CC1. The summed E-state index contributed by atoms with van der Waals surface area (Å²) in [5, 5.41) is 0. The lowest BCUT2D eigenvalue weighted by Crippen LogP contribution is -2.36. The molecule has 112 valence electrons. The Morgan fingerprint density at radius 2 is 1.95 bits per heavy atom. The second-order valence-electron chi connectivity index (χ2n) is 6.44. The molecule has 1 heterocycles. The van der Waals surface area contributed by atoms with Crippen molar-refractivity contribution in [2.75, 3.05) is 11.9 Å². The molecule has 0 atom stereocenters. The standard InChI is InChI=1S/C16H28N4/c1-11(2)16-18-10-15(14(9-17)19-16)20(4)13-7-5-12(3)6-8-13/h10-13H,5-9,17H2,1-4H3. The summed E-state index contributed by atoms with van der Waals surface area (Å²) in [4.78, 5) is 11.5. The van der Waals surface area contributed by atoms with Crippen molar-refractivity contribution < 1.29 is 0 Å². The first-order valence-electron chi connectivity index (χ1n) is 7.81. The van der Waals surface area contributed by atoms with Gasteiger partial charge in [0.25, 0.3) is 0 Å². The van der Waals surface area contributed by atoms with Crippen LogP contribution in [-0.2, 0) is 6.54 Å². The summed E-state index contributed by atoms with van der Waals surface area (Å²) in [6, 6.07) is 0.602. The van der Waals surface area contributed by atoms with Gasteiger partial charge in [-0.05, 0) is 31.6 Å². The summed E-state index contributed by atoms with van der Waals surface area (Å²) in [5.74, 6) is 2.10. The van der Waals surface area contributed by atoms with Crippen LogP contribution in [0.25, 0.3) is 0 Å². The minimum atomic E-state index is 0.343. The number of rotatable bonds is 4. The molecule has 1 aromatic rings. The van der Waals surface area contributed by atoms with Crippen molar-refractivity contribution in [2.24, 2.45) is 11.7 Å². The second-order valence-corrected chi connectivity index (χ2v) is 6.44. The Hall–Kier alpha value is -1.16. The molecule has 4 nitrogen and oxygen atoms in total. The van der Waals surface area contributed by atoms with Gasteiger partial charge in [0.05, 0.1) is 17.6 Å². The summed E-state index contributed by atoms with van der Waals surface area (Å²) in [6.07, 6.45) is 7.11. The molecule has 1 aliphatic rings. The predicted molar refractivity (Wildman–Crippen MR) is 83.8 cm³/mol. The van der Waals surface area contributed by atoms with E-state index in [2.05, 4.69) is 42.7 Å². The summed E-state index contributed by atoms with van der Waals surface area (Å²) in [5.41, 5.74) is 7.98. The molecule has 1 aliphatic carbocycles. The maximum absolute atomic E-state index is 5.89. The number of anilines is 1. The van der Waals surface area contributed by atoms with E-state index >= 15 is 0 Å². The largest absolute Gasteiger partial charge is 0.369 e. The van der Waals surface area contributed by atoms with Gasteiger partial charge < -0.3 is 10.6 Å². The van der Waals surface area contributed by atoms with Crippen LogP contribution in [0.3, 0.4) is 0 Å². The molecule has 0 amide bonds. The lowest BCUT2D eigenvalue weighted by atomic mass is 9.86. The lowest BCUT2D eigenvalue weighted by molar-refractivity contribution is 0.340. The van der Waals surface area contributed by atoms with Crippen molar-refractivity contribution in [3.8, 4) is 0 Å². The number of hydrogen-bond donors (Lipinski definition) is 1. The maximum atomic E-state index is 5.89. The number of nitrogens with zero attached hydrogens (tertiary/aromatic N) is 3. The van der Waals surface area contributed by atoms with Crippen molar-refractivity contribution in [2.45, 2.75) is 65.0 Å². The summed E-state index contributed by atoms with van der Waals surface area (Å²) in [6.45, 7) is 7.05. The minimum absolute atomic E-state index is 0.343. The van der Waals surface area contributed by atoms with E-state index in [1.54, 1.807) is 0 Å². The van der Waals surface area contributed by atoms with Gasteiger partial charge in [0.15, 0.2) is 0 Å². The van der Waals surface area contributed by atoms with Crippen LogP contribution in [0, 0.1) is 5.92 Å². The topological polar surface area (TPSA) is 55.0 Å². The van der Waals surface area contributed by atoms with E-state index in [9.17, 15) is 0 Å². The fourth-order valence-corrected chi connectivity index (χ4v) is 2.98. The Morgan fingerprint density at radius 1 is 1.30 bits per heavy atom. The van der Waals surface area contributed by atoms with Crippen molar-refractivity contribution in [1.82, 2.24) is 9.97 Å². The number of nitrogens with two attached hydrogens (primary N) is 1. The molecular formula is C16H28N4. The first-order chi connectivity index (χ1) is 9.52. The second kappa shape index (κ2) is 6.53. The Morgan fingerprint density at radius 3 is 2.50 bits per heavy atom. The highest BCUT2D eigenvalue weighted by molar-refractivity contribution is 5.49. The average Bonchev–Trinajstić information content (AvgIpc) is 2.46. The van der Waals surface area contributed by atoms with Crippen molar-refractivity contribution in [3.63, 3.8) is 0 Å². The van der Waals surface area contributed by atoms with E-state index < -0.39 is 0 Å². The Balaban J connectivity index is 2.18. The first-order valence-corrected chi connectivity index (χ1v) is 7.81. The molecule has 20 heavy (non-hydrogen) atoms. The number of hydrogen-bond acceptors (Lipinski definition) is 4. The Bertz CT molecular complexity index is 436. The van der Waals surface area contributed by atoms with Crippen LogP contribution in [0.2, 0.25) is 0 Å². The van der Waals surface area contributed by atoms with E-state index in [0.717, 1.165) is 23.1 Å². The van der Waals surface area contributed by atoms with Gasteiger partial charge in [0, 0.05) is 25.6 Å². The molecular weight excluding hydrogens is 248 g/mol. The molecule has 1 aromatic heterocycles. The molecule has 0 spiro atoms. The fraction of sp³-hybridized carbons (Fsp3) is 0.750. The molecule has 0 saturated heterocycles. The van der Waals surface area contributed by atoms with Crippen LogP contribution in [-0.4, -0.2) is 23.1 Å². The monoisotopic (exact) mass is 276 g/mol. The van der Waals surface area contributed by atoms with E-state index in [-0.39, 0.29) is 0 Å². The summed E-state index contributed by atoms with van der Waals surface area (Å²) in [7, 11) is 2.16. The minimum Gasteiger partial charge on any atom is -0.369 e. The third kappa shape index (κ3) is 3.29. The van der Waals surface area contributed by atoms with Crippen molar-refractivity contribution in [3.05, 3.63) is 17.7 Å². The van der Waals surface area contributed by atoms with E-state index in [4.69, 9.17) is 5.73 Å². The molecule has 2 rings (SSSR count). The molecule has 0 radical (unpaired) electrons. The van der Waals surface area contributed by atoms with Gasteiger partial charge in [-0.3, -0.25) is 0 Å². The van der Waals surface area contributed by atoms with Gasteiger partial charge in [0.2, 0.25) is 0 Å². The summed E-state index contributed by atoms with van der Waals surface area (Å²) >= 11 is 0. The maximum Gasteiger partial charge on any atom is 0.131 e. The van der Waals surface area contributed by atoms with Crippen LogP contribution < -0.4 is 10.6 Å². The molecule has 4 heteroatoms. The quantitative estimate of drug-likeness (QED) is 0.918. The molecule has 2 N–H and O–H groups in total. The van der Waals surface area contributed by atoms with E-state index in [0.29, 0.717) is 18.5 Å². The van der Waals surface area contributed by atoms with E-state index in [1.807, 2.05) is 6.20 Å². The van der Waals surface area contributed by atoms with Crippen LogP contribution in [0.15, 0.2) is 6.20 Å². The van der Waals surface area contributed by atoms with Crippen LogP contribution in [0.5, 0.6) is 0 Å².